The van der Waals surface area contributed by atoms with Crippen molar-refractivity contribution in [3.05, 3.63) is 40.4 Å². The van der Waals surface area contributed by atoms with E-state index in [-0.39, 0.29) is 17.1 Å². The average molecular weight is 511 g/mol. The van der Waals surface area contributed by atoms with Gasteiger partial charge in [0, 0.05) is 34.6 Å². The number of rotatable bonds is 7. The number of hydrogen-bond donors (Lipinski definition) is 2. The van der Waals surface area contributed by atoms with Gasteiger partial charge in [-0.25, -0.2) is 4.98 Å². The Bertz CT molecular complexity index is 1400. The van der Waals surface area contributed by atoms with Crippen molar-refractivity contribution >= 4 is 55.5 Å². The summed E-state index contributed by atoms with van der Waals surface area (Å²) in [5, 5.41) is 16.9. The number of anilines is 1. The summed E-state index contributed by atoms with van der Waals surface area (Å²) in [7, 11) is 0. The molecule has 1 amide bonds. The SMILES string of the molecule is CCN(CC)CCOc1nnc(Cl)cc1-c1ccc2c(ccc3sc4c(c32)NC[C@@H](C)NC4=O)n1. The Labute approximate surface area is 212 Å². The first-order chi connectivity index (χ1) is 17.0. The van der Waals surface area contributed by atoms with Crippen LogP contribution in [0.1, 0.15) is 30.4 Å². The highest BCUT2D eigenvalue weighted by Crippen LogP contribution is 2.41. The van der Waals surface area contributed by atoms with Gasteiger partial charge < -0.3 is 20.3 Å². The van der Waals surface area contributed by atoms with Gasteiger partial charge in [0.25, 0.3) is 5.91 Å². The standard InChI is InChI=1S/C25H27ClN6O2S/c1-4-32(5-2)10-11-34-25-16(12-20(26)30-31-25)18-7-6-15-17(29-18)8-9-19-21(15)22-23(35-19)24(33)28-14(3)13-27-22/h6-9,12,14,27H,4-5,10-11,13H2,1-3H3,(H,28,33)/t14-/m1/s1. The van der Waals surface area contributed by atoms with Crippen molar-refractivity contribution in [3.63, 3.8) is 0 Å². The second-order valence-electron chi connectivity index (χ2n) is 8.52. The van der Waals surface area contributed by atoms with Crippen molar-refractivity contribution in [2.24, 2.45) is 0 Å². The van der Waals surface area contributed by atoms with Crippen LogP contribution < -0.4 is 15.4 Å². The third-order valence-electron chi connectivity index (χ3n) is 6.24. The Morgan fingerprint density at radius 3 is 2.83 bits per heavy atom. The quantitative estimate of drug-likeness (QED) is 0.368. The molecule has 10 heteroatoms. The molecule has 0 fully saturated rings. The number of aromatic nitrogens is 3. The highest BCUT2D eigenvalue weighted by molar-refractivity contribution is 7.21. The molecule has 0 aliphatic carbocycles. The van der Waals surface area contributed by atoms with Gasteiger partial charge in [-0.05, 0) is 50.3 Å². The van der Waals surface area contributed by atoms with E-state index in [1.807, 2.05) is 31.2 Å². The summed E-state index contributed by atoms with van der Waals surface area (Å²) >= 11 is 7.68. The topological polar surface area (TPSA) is 92.3 Å². The number of amides is 1. The molecule has 0 unspecified atom stereocenters. The number of halogens is 1. The second-order valence-corrected chi connectivity index (χ2v) is 9.96. The number of fused-ring (bicyclic) bond motifs is 5. The maximum absolute atomic E-state index is 12.7. The minimum Gasteiger partial charge on any atom is -0.475 e. The second kappa shape index (κ2) is 9.93. The minimum absolute atomic E-state index is 0.0413. The first-order valence-corrected chi connectivity index (χ1v) is 13.0. The Hall–Kier alpha value is -3.01. The molecule has 4 aromatic rings. The van der Waals surface area contributed by atoms with Crippen molar-refractivity contribution in [2.75, 3.05) is 38.1 Å². The van der Waals surface area contributed by atoms with Crippen LogP contribution in [0.2, 0.25) is 5.15 Å². The van der Waals surface area contributed by atoms with Crippen LogP contribution >= 0.6 is 22.9 Å². The van der Waals surface area contributed by atoms with Crippen molar-refractivity contribution in [1.82, 2.24) is 25.4 Å². The van der Waals surface area contributed by atoms with E-state index in [0.717, 1.165) is 46.3 Å². The Morgan fingerprint density at radius 2 is 2.03 bits per heavy atom. The molecule has 1 aliphatic heterocycles. The van der Waals surface area contributed by atoms with Crippen LogP contribution in [0, 0.1) is 0 Å². The van der Waals surface area contributed by atoms with Crippen LogP contribution in [0.25, 0.3) is 32.2 Å². The molecule has 1 atom stereocenters. The smallest absolute Gasteiger partial charge is 0.263 e. The molecule has 0 saturated carbocycles. The molecule has 1 aromatic carbocycles. The van der Waals surface area contributed by atoms with E-state index in [2.05, 4.69) is 39.6 Å². The highest BCUT2D eigenvalue weighted by Gasteiger charge is 2.25. The lowest BCUT2D eigenvalue weighted by Gasteiger charge is -2.18. The van der Waals surface area contributed by atoms with Gasteiger partial charge in [-0.1, -0.05) is 25.4 Å². The number of hydrogen-bond acceptors (Lipinski definition) is 8. The van der Waals surface area contributed by atoms with Gasteiger partial charge in [0.05, 0.1) is 22.5 Å². The molecular weight excluding hydrogens is 484 g/mol. The number of thiophene rings is 1. The van der Waals surface area contributed by atoms with E-state index >= 15 is 0 Å². The van der Waals surface area contributed by atoms with Crippen LogP contribution in [-0.2, 0) is 0 Å². The Kier molecular flexibility index (Phi) is 6.73. The van der Waals surface area contributed by atoms with Crippen LogP contribution in [0.3, 0.4) is 0 Å². The van der Waals surface area contributed by atoms with Gasteiger partial charge in [-0.15, -0.1) is 21.5 Å². The largest absolute Gasteiger partial charge is 0.475 e. The van der Waals surface area contributed by atoms with Crippen molar-refractivity contribution in [2.45, 2.75) is 26.8 Å². The number of ether oxygens (including phenoxy) is 1. The summed E-state index contributed by atoms with van der Waals surface area (Å²) in [4.78, 5) is 20.6. The van der Waals surface area contributed by atoms with Crippen molar-refractivity contribution < 1.29 is 9.53 Å². The van der Waals surface area contributed by atoms with E-state index in [4.69, 9.17) is 21.3 Å². The summed E-state index contributed by atoms with van der Waals surface area (Å²) in [6, 6.07) is 9.77. The fourth-order valence-corrected chi connectivity index (χ4v) is 5.58. The maximum Gasteiger partial charge on any atom is 0.263 e. The van der Waals surface area contributed by atoms with Crippen LogP contribution in [0.4, 0.5) is 5.69 Å². The molecular formula is C25H27ClN6O2S. The number of carbonyl (C=O) groups is 1. The summed E-state index contributed by atoms with van der Waals surface area (Å²) < 4.78 is 7.04. The predicted molar refractivity (Wildman–Crippen MR) is 142 cm³/mol. The minimum atomic E-state index is -0.0413. The van der Waals surface area contributed by atoms with Crippen molar-refractivity contribution in [1.29, 1.82) is 0 Å². The van der Waals surface area contributed by atoms with Gasteiger partial charge >= 0.3 is 0 Å². The van der Waals surface area contributed by atoms with E-state index in [1.165, 1.54) is 11.3 Å². The number of carbonyl (C=O) groups excluding carboxylic acids is 1. The number of nitrogens with one attached hydrogen (secondary N) is 2. The van der Waals surface area contributed by atoms with Gasteiger partial charge in [-0.3, -0.25) is 4.79 Å². The molecule has 0 radical (unpaired) electrons. The van der Waals surface area contributed by atoms with Crippen LogP contribution in [0.15, 0.2) is 30.3 Å². The summed E-state index contributed by atoms with van der Waals surface area (Å²) in [5.41, 5.74) is 3.09. The molecule has 8 nitrogen and oxygen atoms in total. The van der Waals surface area contributed by atoms with Gasteiger partial charge in [0.15, 0.2) is 5.15 Å². The number of pyridine rings is 1. The van der Waals surface area contributed by atoms with E-state index in [9.17, 15) is 4.79 Å². The molecule has 182 valence electrons. The predicted octanol–water partition coefficient (Wildman–Crippen LogP) is 4.82. The highest BCUT2D eigenvalue weighted by atomic mass is 35.5. The normalized spacial score (nSPS) is 15.7. The van der Waals surface area contributed by atoms with E-state index in [1.54, 1.807) is 6.07 Å². The molecule has 4 heterocycles. The Balaban J connectivity index is 1.54. The van der Waals surface area contributed by atoms with E-state index < -0.39 is 0 Å². The molecule has 0 bridgehead atoms. The molecule has 0 saturated heterocycles. The monoisotopic (exact) mass is 510 g/mol. The molecule has 35 heavy (non-hydrogen) atoms. The fraction of sp³-hybridized carbons (Fsp3) is 0.360. The lowest BCUT2D eigenvalue weighted by atomic mass is 10.1. The summed E-state index contributed by atoms with van der Waals surface area (Å²) in [6.45, 7) is 10.1. The lowest BCUT2D eigenvalue weighted by Crippen LogP contribution is -2.34. The summed E-state index contributed by atoms with van der Waals surface area (Å²) in [6.07, 6.45) is 0. The van der Waals surface area contributed by atoms with Crippen molar-refractivity contribution in [3.8, 4) is 17.1 Å². The molecule has 1 aliphatic rings. The fourth-order valence-electron chi connectivity index (χ4n) is 4.33. The molecule has 2 N–H and O–H groups in total. The molecule has 5 rings (SSSR count). The maximum atomic E-state index is 12.7. The lowest BCUT2D eigenvalue weighted by molar-refractivity contribution is 0.0949. The van der Waals surface area contributed by atoms with Gasteiger partial charge in [0.1, 0.15) is 11.5 Å². The number of benzene rings is 1. The number of nitrogens with zero attached hydrogens (tertiary/aromatic N) is 4. The average Bonchev–Trinajstić information content (AvgIpc) is 3.18. The molecule has 0 spiro atoms. The third kappa shape index (κ3) is 4.63. The van der Waals surface area contributed by atoms with Gasteiger partial charge in [-0.2, -0.15) is 0 Å². The van der Waals surface area contributed by atoms with Gasteiger partial charge in [0.2, 0.25) is 5.88 Å². The van der Waals surface area contributed by atoms with E-state index in [0.29, 0.717) is 35.2 Å². The third-order valence-corrected chi connectivity index (χ3v) is 7.58. The van der Waals surface area contributed by atoms with Crippen LogP contribution in [0.5, 0.6) is 5.88 Å². The number of likely N-dealkylation sites (N-methyl/N-ethyl adjacent to an activating group) is 1. The summed E-state index contributed by atoms with van der Waals surface area (Å²) in [5.74, 6) is 0.367. The molecule has 3 aromatic heterocycles. The zero-order chi connectivity index (χ0) is 24.5. The zero-order valence-electron chi connectivity index (χ0n) is 19.9. The zero-order valence-corrected chi connectivity index (χ0v) is 21.5. The first kappa shape index (κ1) is 23.7. The first-order valence-electron chi connectivity index (χ1n) is 11.8. The van der Waals surface area contributed by atoms with Crippen LogP contribution in [-0.4, -0.2) is 64.8 Å². The Morgan fingerprint density at radius 1 is 1.20 bits per heavy atom.